The molecule has 1 aliphatic rings. The van der Waals surface area contributed by atoms with E-state index in [-0.39, 0.29) is 5.91 Å². The quantitative estimate of drug-likeness (QED) is 0.903. The second-order valence-corrected chi connectivity index (χ2v) is 6.54. The Morgan fingerprint density at radius 3 is 3.05 bits per heavy atom. The molecule has 116 valence electrons. The number of hydrogen-bond acceptors (Lipinski definition) is 3. The highest BCUT2D eigenvalue weighted by Gasteiger charge is 2.22. The Morgan fingerprint density at radius 2 is 2.33 bits per heavy atom. The van der Waals surface area contributed by atoms with Crippen LogP contribution >= 0.6 is 0 Å². The largest absolute Gasteiger partial charge is 0.385 e. The van der Waals surface area contributed by atoms with Crippen LogP contribution in [0.5, 0.6) is 0 Å². The van der Waals surface area contributed by atoms with E-state index in [9.17, 15) is 4.79 Å². The van der Waals surface area contributed by atoms with E-state index >= 15 is 0 Å². The van der Waals surface area contributed by atoms with Crippen molar-refractivity contribution in [3.63, 3.8) is 0 Å². The fourth-order valence-corrected chi connectivity index (χ4v) is 2.70. The minimum Gasteiger partial charge on any atom is -0.385 e. The summed E-state index contributed by atoms with van der Waals surface area (Å²) in [6, 6.07) is 3.80. The van der Waals surface area contributed by atoms with Gasteiger partial charge in [-0.25, -0.2) is 0 Å². The molecule has 0 spiro atoms. The number of nitrogens with zero attached hydrogens (tertiary/aromatic N) is 2. The molecule has 4 nitrogen and oxygen atoms in total. The number of hydrogen-bond donors (Lipinski definition) is 1. The summed E-state index contributed by atoms with van der Waals surface area (Å²) in [5.74, 6) is 1.33. The van der Waals surface area contributed by atoms with E-state index in [2.05, 4.69) is 31.1 Å². The average Bonchev–Trinajstić information content (AvgIpc) is 2.46. The molecule has 2 rings (SSSR count). The summed E-state index contributed by atoms with van der Waals surface area (Å²) < 4.78 is 0. The second kappa shape index (κ2) is 7.43. The van der Waals surface area contributed by atoms with Gasteiger partial charge in [0.2, 0.25) is 0 Å². The summed E-state index contributed by atoms with van der Waals surface area (Å²) in [5, 5.41) is 3.37. The molecule has 0 saturated carbocycles. The summed E-state index contributed by atoms with van der Waals surface area (Å²) in [6.07, 6.45) is 5.15. The van der Waals surface area contributed by atoms with E-state index in [1.54, 1.807) is 6.20 Å². The van der Waals surface area contributed by atoms with Crippen LogP contribution in [-0.4, -0.2) is 35.4 Å². The molecule has 2 heterocycles. The zero-order valence-corrected chi connectivity index (χ0v) is 13.4. The number of pyridine rings is 1. The Kier molecular flexibility index (Phi) is 5.59. The van der Waals surface area contributed by atoms with Crippen molar-refractivity contribution in [1.29, 1.82) is 0 Å². The Labute approximate surface area is 127 Å². The highest BCUT2D eigenvalue weighted by Crippen LogP contribution is 2.18. The van der Waals surface area contributed by atoms with Crippen molar-refractivity contribution < 1.29 is 4.79 Å². The van der Waals surface area contributed by atoms with Crippen molar-refractivity contribution in [2.24, 2.45) is 11.8 Å². The third kappa shape index (κ3) is 4.73. The van der Waals surface area contributed by atoms with Crippen molar-refractivity contribution in [2.75, 3.05) is 25.0 Å². The smallest absolute Gasteiger partial charge is 0.272 e. The number of nitrogens with one attached hydrogen (secondary N) is 1. The molecule has 0 aromatic carbocycles. The summed E-state index contributed by atoms with van der Waals surface area (Å²) in [5.41, 5.74) is 1.54. The first-order valence-corrected chi connectivity index (χ1v) is 8.05. The Bertz CT molecular complexity index is 473. The molecule has 1 atom stereocenters. The molecule has 0 aliphatic carbocycles. The maximum Gasteiger partial charge on any atom is 0.272 e. The molecule has 21 heavy (non-hydrogen) atoms. The maximum atomic E-state index is 12.5. The van der Waals surface area contributed by atoms with Gasteiger partial charge in [0.05, 0.1) is 0 Å². The molecular formula is C17H27N3O. The SMILES string of the molecule is CC(C)CCNc1ccnc(C(=O)N2CCCC(C)C2)c1. The van der Waals surface area contributed by atoms with Crippen molar-refractivity contribution >= 4 is 11.6 Å². The minimum atomic E-state index is 0.0639. The Morgan fingerprint density at radius 1 is 1.52 bits per heavy atom. The topological polar surface area (TPSA) is 45.2 Å². The first-order chi connectivity index (χ1) is 10.1. The van der Waals surface area contributed by atoms with Gasteiger partial charge in [-0.3, -0.25) is 9.78 Å². The molecule has 1 aliphatic heterocycles. The standard InChI is InChI=1S/C17H27N3O/c1-13(2)6-8-18-15-7-9-19-16(11-15)17(21)20-10-4-5-14(3)12-20/h7,9,11,13-14H,4-6,8,10,12H2,1-3H3,(H,18,19). The van der Waals surface area contributed by atoms with Crippen LogP contribution in [0.2, 0.25) is 0 Å². The summed E-state index contributed by atoms with van der Waals surface area (Å²) in [4.78, 5) is 18.7. The van der Waals surface area contributed by atoms with Crippen LogP contribution in [0, 0.1) is 11.8 Å². The zero-order chi connectivity index (χ0) is 15.2. The van der Waals surface area contributed by atoms with Gasteiger partial charge in [0.1, 0.15) is 5.69 Å². The van der Waals surface area contributed by atoms with Gasteiger partial charge in [-0.1, -0.05) is 20.8 Å². The minimum absolute atomic E-state index is 0.0639. The number of carbonyl (C=O) groups is 1. The third-order valence-electron chi connectivity index (χ3n) is 3.97. The summed E-state index contributed by atoms with van der Waals surface area (Å²) >= 11 is 0. The second-order valence-electron chi connectivity index (χ2n) is 6.54. The van der Waals surface area contributed by atoms with Gasteiger partial charge in [0, 0.05) is 31.5 Å². The molecule has 1 unspecified atom stereocenters. The molecule has 1 amide bonds. The molecular weight excluding hydrogens is 262 g/mol. The summed E-state index contributed by atoms with van der Waals surface area (Å²) in [6.45, 7) is 9.26. The number of anilines is 1. The van der Waals surface area contributed by atoms with Crippen LogP contribution in [0.3, 0.4) is 0 Å². The first kappa shape index (κ1) is 15.8. The van der Waals surface area contributed by atoms with E-state index < -0.39 is 0 Å². The number of aromatic nitrogens is 1. The highest BCUT2D eigenvalue weighted by molar-refractivity contribution is 5.93. The number of amides is 1. The third-order valence-corrected chi connectivity index (χ3v) is 3.97. The average molecular weight is 289 g/mol. The molecule has 4 heteroatoms. The van der Waals surface area contributed by atoms with E-state index in [0.717, 1.165) is 38.2 Å². The fraction of sp³-hybridized carbons (Fsp3) is 0.647. The fourth-order valence-electron chi connectivity index (χ4n) is 2.70. The molecule has 0 radical (unpaired) electrons. The zero-order valence-electron chi connectivity index (χ0n) is 13.4. The van der Waals surface area contributed by atoms with Gasteiger partial charge >= 0.3 is 0 Å². The van der Waals surface area contributed by atoms with Gasteiger partial charge in [-0.15, -0.1) is 0 Å². The van der Waals surface area contributed by atoms with E-state index in [0.29, 0.717) is 17.5 Å². The van der Waals surface area contributed by atoms with Gasteiger partial charge in [0.25, 0.3) is 5.91 Å². The van der Waals surface area contributed by atoms with Gasteiger partial charge < -0.3 is 10.2 Å². The van der Waals surface area contributed by atoms with E-state index in [1.165, 1.54) is 6.42 Å². The molecule has 1 N–H and O–H groups in total. The van der Waals surface area contributed by atoms with Gasteiger partial charge in [0.15, 0.2) is 0 Å². The maximum absolute atomic E-state index is 12.5. The lowest BCUT2D eigenvalue weighted by molar-refractivity contribution is 0.0677. The van der Waals surface area contributed by atoms with Gasteiger partial charge in [-0.2, -0.15) is 0 Å². The van der Waals surface area contributed by atoms with Crippen LogP contribution < -0.4 is 5.32 Å². The number of piperidine rings is 1. The van der Waals surface area contributed by atoms with Crippen molar-refractivity contribution in [3.05, 3.63) is 24.0 Å². The normalized spacial score (nSPS) is 18.9. The highest BCUT2D eigenvalue weighted by atomic mass is 16.2. The van der Waals surface area contributed by atoms with Crippen LogP contribution in [0.25, 0.3) is 0 Å². The summed E-state index contributed by atoms with van der Waals surface area (Å²) in [7, 11) is 0. The molecule has 1 aromatic rings. The van der Waals surface area contributed by atoms with Crippen molar-refractivity contribution in [3.8, 4) is 0 Å². The number of rotatable bonds is 5. The lowest BCUT2D eigenvalue weighted by atomic mass is 10.00. The van der Waals surface area contributed by atoms with Crippen molar-refractivity contribution in [1.82, 2.24) is 9.88 Å². The number of likely N-dealkylation sites (tertiary alicyclic amines) is 1. The van der Waals surface area contributed by atoms with Crippen LogP contribution in [0.15, 0.2) is 18.3 Å². The Hall–Kier alpha value is -1.58. The van der Waals surface area contributed by atoms with E-state index in [1.807, 2.05) is 17.0 Å². The predicted molar refractivity (Wildman–Crippen MR) is 86.5 cm³/mol. The van der Waals surface area contributed by atoms with Crippen LogP contribution in [0.1, 0.15) is 50.5 Å². The predicted octanol–water partition coefficient (Wildman–Crippen LogP) is 3.41. The molecule has 0 bridgehead atoms. The van der Waals surface area contributed by atoms with Crippen LogP contribution in [0.4, 0.5) is 5.69 Å². The van der Waals surface area contributed by atoms with E-state index in [4.69, 9.17) is 0 Å². The molecule has 1 fully saturated rings. The number of carbonyl (C=O) groups excluding carboxylic acids is 1. The lowest BCUT2D eigenvalue weighted by Crippen LogP contribution is -2.39. The monoisotopic (exact) mass is 289 g/mol. The molecule has 1 saturated heterocycles. The van der Waals surface area contributed by atoms with Crippen molar-refractivity contribution in [2.45, 2.75) is 40.0 Å². The Balaban J connectivity index is 1.97. The molecule has 1 aromatic heterocycles. The van der Waals surface area contributed by atoms with Crippen LogP contribution in [-0.2, 0) is 0 Å². The first-order valence-electron chi connectivity index (χ1n) is 8.05. The van der Waals surface area contributed by atoms with Gasteiger partial charge in [-0.05, 0) is 43.2 Å². The lowest BCUT2D eigenvalue weighted by Gasteiger charge is -2.30.